The van der Waals surface area contributed by atoms with Gasteiger partial charge in [-0.05, 0) is 19.1 Å². The molecule has 0 aromatic carbocycles. The summed E-state index contributed by atoms with van der Waals surface area (Å²) in [4.78, 5) is 16.6. The molecule has 0 saturated heterocycles. The lowest BCUT2D eigenvalue weighted by Crippen LogP contribution is -1.90. The van der Waals surface area contributed by atoms with Crippen LogP contribution in [0, 0.1) is 6.92 Å². The summed E-state index contributed by atoms with van der Waals surface area (Å²) in [5.41, 5.74) is 1.11. The zero-order valence-electron chi connectivity index (χ0n) is 7.60. The average molecular weight is 194 g/mol. The van der Waals surface area contributed by atoms with E-state index in [0.717, 1.165) is 5.69 Å². The van der Waals surface area contributed by atoms with E-state index in [1.807, 2.05) is 6.92 Å². The van der Waals surface area contributed by atoms with E-state index in [1.165, 1.54) is 18.4 Å². The fraction of sp³-hybridized carbons (Fsp3) is 0.111. The Kier molecular flexibility index (Phi) is 3.49. The quantitative estimate of drug-likeness (QED) is 0.724. The molecule has 14 heavy (non-hydrogen) atoms. The SMILES string of the molecule is Cc1cnc[nH]1.O=C(O)c1ccco1. The lowest BCUT2D eigenvalue weighted by Gasteiger charge is -1.79. The molecular formula is C9H10N2O3. The van der Waals surface area contributed by atoms with Crippen LogP contribution in [0.3, 0.4) is 0 Å². The summed E-state index contributed by atoms with van der Waals surface area (Å²) in [7, 11) is 0. The van der Waals surface area contributed by atoms with Gasteiger partial charge in [0, 0.05) is 11.9 Å². The molecule has 0 atom stereocenters. The number of H-pyrrole nitrogens is 1. The van der Waals surface area contributed by atoms with Crippen molar-refractivity contribution in [1.29, 1.82) is 0 Å². The van der Waals surface area contributed by atoms with E-state index in [-0.39, 0.29) is 5.76 Å². The number of aromatic carboxylic acids is 1. The highest BCUT2D eigenvalue weighted by Gasteiger charge is 2.01. The number of aromatic nitrogens is 2. The van der Waals surface area contributed by atoms with Gasteiger partial charge in [0.05, 0.1) is 12.6 Å². The summed E-state index contributed by atoms with van der Waals surface area (Å²) in [6, 6.07) is 2.92. The molecule has 0 aliphatic carbocycles. The number of aromatic amines is 1. The Hall–Kier alpha value is -2.04. The minimum absolute atomic E-state index is 0.0231. The second kappa shape index (κ2) is 4.86. The minimum atomic E-state index is -1.03. The van der Waals surface area contributed by atoms with Crippen molar-refractivity contribution in [3.8, 4) is 0 Å². The van der Waals surface area contributed by atoms with E-state index in [9.17, 15) is 4.79 Å². The number of imidazole rings is 1. The third-order valence-electron chi connectivity index (χ3n) is 1.37. The van der Waals surface area contributed by atoms with Crippen LogP contribution in [0.5, 0.6) is 0 Å². The van der Waals surface area contributed by atoms with Gasteiger partial charge < -0.3 is 14.5 Å². The van der Waals surface area contributed by atoms with Crippen molar-refractivity contribution >= 4 is 5.97 Å². The van der Waals surface area contributed by atoms with Crippen LogP contribution in [0.1, 0.15) is 16.2 Å². The number of rotatable bonds is 1. The van der Waals surface area contributed by atoms with Crippen LogP contribution in [0.15, 0.2) is 35.3 Å². The van der Waals surface area contributed by atoms with Crippen LogP contribution in [0.25, 0.3) is 0 Å². The van der Waals surface area contributed by atoms with Crippen molar-refractivity contribution < 1.29 is 14.3 Å². The monoisotopic (exact) mass is 194 g/mol. The van der Waals surface area contributed by atoms with Crippen LogP contribution in [0.2, 0.25) is 0 Å². The molecule has 2 aromatic heterocycles. The lowest BCUT2D eigenvalue weighted by atomic mass is 10.5. The molecule has 2 rings (SSSR count). The Labute approximate surface area is 80.4 Å². The molecule has 0 aliphatic heterocycles. The summed E-state index contributed by atoms with van der Waals surface area (Å²) in [6.45, 7) is 1.97. The van der Waals surface area contributed by atoms with E-state index in [0.29, 0.717) is 0 Å². The number of nitrogens with one attached hydrogen (secondary N) is 1. The minimum Gasteiger partial charge on any atom is -0.475 e. The first-order valence-electron chi connectivity index (χ1n) is 3.92. The highest BCUT2D eigenvalue weighted by atomic mass is 16.4. The maximum absolute atomic E-state index is 9.97. The van der Waals surface area contributed by atoms with Crippen LogP contribution >= 0.6 is 0 Å². The molecule has 0 unspecified atom stereocenters. The van der Waals surface area contributed by atoms with Gasteiger partial charge in [0.25, 0.3) is 0 Å². The fourth-order valence-corrected chi connectivity index (χ4v) is 0.726. The normalized spacial score (nSPS) is 8.93. The summed E-state index contributed by atoms with van der Waals surface area (Å²) < 4.78 is 4.50. The summed E-state index contributed by atoms with van der Waals surface area (Å²) in [6.07, 6.45) is 4.76. The molecule has 0 aliphatic rings. The third-order valence-corrected chi connectivity index (χ3v) is 1.37. The van der Waals surface area contributed by atoms with Crippen molar-refractivity contribution in [3.63, 3.8) is 0 Å². The Morgan fingerprint density at radius 1 is 1.64 bits per heavy atom. The van der Waals surface area contributed by atoms with E-state index in [4.69, 9.17) is 5.11 Å². The van der Waals surface area contributed by atoms with Crippen molar-refractivity contribution in [1.82, 2.24) is 9.97 Å². The zero-order chi connectivity index (χ0) is 10.4. The van der Waals surface area contributed by atoms with Gasteiger partial charge >= 0.3 is 5.97 Å². The number of hydrogen-bond donors (Lipinski definition) is 2. The molecule has 74 valence electrons. The Morgan fingerprint density at radius 3 is 2.64 bits per heavy atom. The Morgan fingerprint density at radius 2 is 2.43 bits per heavy atom. The molecule has 5 nitrogen and oxygen atoms in total. The number of carboxylic acids is 1. The van der Waals surface area contributed by atoms with E-state index in [1.54, 1.807) is 12.5 Å². The molecule has 5 heteroatoms. The molecule has 2 heterocycles. The van der Waals surface area contributed by atoms with Gasteiger partial charge in [-0.2, -0.15) is 0 Å². The maximum atomic E-state index is 9.97. The van der Waals surface area contributed by atoms with Gasteiger partial charge in [-0.1, -0.05) is 0 Å². The molecule has 0 radical (unpaired) electrons. The molecular weight excluding hydrogens is 184 g/mol. The number of carbonyl (C=O) groups is 1. The largest absolute Gasteiger partial charge is 0.475 e. The smallest absolute Gasteiger partial charge is 0.371 e. The molecule has 0 saturated carbocycles. The second-order valence-corrected chi connectivity index (χ2v) is 2.52. The molecule has 2 aromatic rings. The number of nitrogens with zero attached hydrogens (tertiary/aromatic N) is 1. The highest BCUT2D eigenvalue weighted by molar-refractivity contribution is 5.84. The second-order valence-electron chi connectivity index (χ2n) is 2.52. The average Bonchev–Trinajstić information content (AvgIpc) is 2.75. The standard InChI is InChI=1S/C5H4O3.C4H6N2/c6-5(7)4-2-1-3-8-4;1-4-2-5-3-6-4/h1-3H,(H,6,7);2-3H,1H3,(H,5,6). The first-order chi connectivity index (χ1) is 6.70. The van der Waals surface area contributed by atoms with E-state index >= 15 is 0 Å². The third kappa shape index (κ3) is 3.14. The predicted molar refractivity (Wildman–Crippen MR) is 49.0 cm³/mol. The first-order valence-corrected chi connectivity index (χ1v) is 3.92. The first kappa shape index (κ1) is 10.0. The fourth-order valence-electron chi connectivity index (χ4n) is 0.726. The van der Waals surface area contributed by atoms with Gasteiger partial charge in [-0.3, -0.25) is 0 Å². The topological polar surface area (TPSA) is 79.1 Å². The number of furan rings is 1. The van der Waals surface area contributed by atoms with Gasteiger partial charge in [0.1, 0.15) is 0 Å². The van der Waals surface area contributed by atoms with Crippen LogP contribution in [-0.4, -0.2) is 21.0 Å². The molecule has 0 bridgehead atoms. The molecule has 0 fully saturated rings. The van der Waals surface area contributed by atoms with Crippen molar-refractivity contribution in [2.45, 2.75) is 6.92 Å². The summed E-state index contributed by atoms with van der Waals surface area (Å²) in [5.74, 6) is -1.06. The molecule has 0 amide bonds. The molecule has 0 spiro atoms. The van der Waals surface area contributed by atoms with E-state index < -0.39 is 5.97 Å². The van der Waals surface area contributed by atoms with Crippen LogP contribution < -0.4 is 0 Å². The van der Waals surface area contributed by atoms with Crippen molar-refractivity contribution in [3.05, 3.63) is 42.4 Å². The van der Waals surface area contributed by atoms with E-state index in [2.05, 4.69) is 14.4 Å². The summed E-state index contributed by atoms with van der Waals surface area (Å²) >= 11 is 0. The van der Waals surface area contributed by atoms with Gasteiger partial charge in [0.2, 0.25) is 5.76 Å². The van der Waals surface area contributed by atoms with Crippen LogP contribution in [0.4, 0.5) is 0 Å². The summed E-state index contributed by atoms with van der Waals surface area (Å²) in [5, 5.41) is 8.18. The van der Waals surface area contributed by atoms with Crippen LogP contribution in [-0.2, 0) is 0 Å². The Balaban J connectivity index is 0.000000146. The van der Waals surface area contributed by atoms with Crippen molar-refractivity contribution in [2.75, 3.05) is 0 Å². The molecule has 2 N–H and O–H groups in total. The number of aryl methyl sites for hydroxylation is 1. The zero-order valence-corrected chi connectivity index (χ0v) is 7.60. The van der Waals surface area contributed by atoms with Gasteiger partial charge in [-0.15, -0.1) is 0 Å². The lowest BCUT2D eigenvalue weighted by molar-refractivity contribution is 0.0662. The number of carboxylic acid groups (broad SMARTS) is 1. The van der Waals surface area contributed by atoms with Gasteiger partial charge in [0.15, 0.2) is 0 Å². The van der Waals surface area contributed by atoms with Crippen molar-refractivity contribution in [2.24, 2.45) is 0 Å². The number of hydrogen-bond acceptors (Lipinski definition) is 3. The maximum Gasteiger partial charge on any atom is 0.371 e. The highest BCUT2D eigenvalue weighted by Crippen LogP contribution is 1.97. The van der Waals surface area contributed by atoms with Gasteiger partial charge in [-0.25, -0.2) is 9.78 Å². The Bertz CT molecular complexity index is 365. The predicted octanol–water partition coefficient (Wildman–Crippen LogP) is 1.70.